The molecule has 3 amide bonds. The Morgan fingerprint density at radius 2 is 1.28 bits per heavy atom. The summed E-state index contributed by atoms with van der Waals surface area (Å²) in [4.78, 5) is 24.7. The van der Waals surface area contributed by atoms with Crippen LogP contribution < -0.4 is 10.6 Å². The number of nitrogens with one attached hydrogen (secondary N) is 2. The van der Waals surface area contributed by atoms with Gasteiger partial charge in [-0.1, -0.05) is 88.2 Å². The van der Waals surface area contributed by atoms with Gasteiger partial charge in [-0.25, -0.2) is 4.79 Å². The number of hydrogen-bond donors (Lipinski definition) is 2. The molecule has 2 aromatic rings. The fourth-order valence-electron chi connectivity index (χ4n) is 2.61. The molecule has 0 aliphatic rings. The Morgan fingerprint density at radius 3 is 1.62 bits per heavy atom. The van der Waals surface area contributed by atoms with Crippen LogP contribution in [0.1, 0.15) is 51.3 Å². The first kappa shape index (κ1) is 29.5. The highest BCUT2D eigenvalue weighted by atomic mass is 35.5. The predicted molar refractivity (Wildman–Crippen MR) is 136 cm³/mol. The minimum Gasteiger partial charge on any atom is -0.359 e. The minimum atomic E-state index is -0.0921. The molecule has 0 aliphatic carbocycles. The summed E-state index contributed by atoms with van der Waals surface area (Å²) < 4.78 is 0. The van der Waals surface area contributed by atoms with Gasteiger partial charge in [0, 0.05) is 38.1 Å². The molecule has 5 nitrogen and oxygen atoms in total. The van der Waals surface area contributed by atoms with Crippen LogP contribution >= 0.6 is 11.6 Å². The molecule has 1 atom stereocenters. The van der Waals surface area contributed by atoms with E-state index in [-0.39, 0.29) is 17.9 Å². The maximum atomic E-state index is 12.0. The van der Waals surface area contributed by atoms with Crippen molar-refractivity contribution in [3.63, 3.8) is 0 Å². The molecule has 0 saturated heterocycles. The van der Waals surface area contributed by atoms with Crippen LogP contribution in [0.2, 0.25) is 5.02 Å². The number of halogens is 1. The Morgan fingerprint density at radius 1 is 0.844 bits per heavy atom. The number of nitrogens with zero attached hydrogens (tertiary/aromatic N) is 1. The average Bonchev–Trinajstić information content (AvgIpc) is 2.81. The smallest absolute Gasteiger partial charge is 0.317 e. The third-order valence-electron chi connectivity index (χ3n) is 4.94. The third-order valence-corrected chi connectivity index (χ3v) is 5.19. The van der Waals surface area contributed by atoms with Crippen molar-refractivity contribution in [1.29, 1.82) is 0 Å². The Hall–Kier alpha value is -2.53. The molecular weight excluding hydrogens is 422 g/mol. The predicted octanol–water partition coefficient (Wildman–Crippen LogP) is 6.04. The van der Waals surface area contributed by atoms with Gasteiger partial charge in [-0.05, 0) is 36.1 Å². The van der Waals surface area contributed by atoms with E-state index in [4.69, 9.17) is 11.6 Å². The number of benzene rings is 2. The maximum absolute atomic E-state index is 12.0. The zero-order valence-electron chi connectivity index (χ0n) is 20.8. The number of rotatable bonds is 6. The van der Waals surface area contributed by atoms with E-state index in [0.29, 0.717) is 24.0 Å². The fraction of sp³-hybridized carbons (Fsp3) is 0.462. The van der Waals surface area contributed by atoms with Crippen LogP contribution in [0.15, 0.2) is 48.5 Å². The lowest BCUT2D eigenvalue weighted by Crippen LogP contribution is -2.37. The summed E-state index contributed by atoms with van der Waals surface area (Å²) in [6, 6.07) is 15.7. The Balaban J connectivity index is 0.000000738. The van der Waals surface area contributed by atoms with Crippen molar-refractivity contribution in [2.75, 3.05) is 14.1 Å². The fourth-order valence-corrected chi connectivity index (χ4v) is 2.74. The van der Waals surface area contributed by atoms with E-state index < -0.39 is 0 Å². The maximum Gasteiger partial charge on any atom is 0.317 e. The van der Waals surface area contributed by atoms with Crippen LogP contribution in [0, 0.1) is 18.8 Å². The van der Waals surface area contributed by atoms with E-state index in [1.807, 2.05) is 77.9 Å². The van der Waals surface area contributed by atoms with Gasteiger partial charge < -0.3 is 15.5 Å². The second-order valence-electron chi connectivity index (χ2n) is 7.67. The minimum absolute atomic E-state index is 0.0921. The quantitative estimate of drug-likeness (QED) is 0.550. The molecule has 178 valence electrons. The second-order valence-corrected chi connectivity index (χ2v) is 8.11. The van der Waals surface area contributed by atoms with Gasteiger partial charge in [-0.2, -0.15) is 0 Å². The Labute approximate surface area is 199 Å². The van der Waals surface area contributed by atoms with E-state index in [0.717, 1.165) is 11.1 Å². The Bertz CT molecular complexity index is 742. The van der Waals surface area contributed by atoms with Crippen LogP contribution in [-0.2, 0) is 17.9 Å². The summed E-state index contributed by atoms with van der Waals surface area (Å²) in [5, 5.41) is 5.99. The van der Waals surface area contributed by atoms with Crippen molar-refractivity contribution in [3.05, 3.63) is 70.2 Å². The van der Waals surface area contributed by atoms with Gasteiger partial charge in [0.1, 0.15) is 0 Å². The molecule has 0 saturated carbocycles. The van der Waals surface area contributed by atoms with Crippen LogP contribution in [-0.4, -0.2) is 30.9 Å². The summed E-state index contributed by atoms with van der Waals surface area (Å²) in [5.41, 5.74) is 3.37. The van der Waals surface area contributed by atoms with Gasteiger partial charge in [-0.3, -0.25) is 4.79 Å². The molecule has 0 heterocycles. The topological polar surface area (TPSA) is 61.4 Å². The summed E-state index contributed by atoms with van der Waals surface area (Å²) in [6.07, 6.45) is 0. The van der Waals surface area contributed by atoms with Crippen LogP contribution in [0.5, 0.6) is 0 Å². The van der Waals surface area contributed by atoms with E-state index in [1.165, 1.54) is 5.56 Å². The molecule has 1 unspecified atom stereocenters. The lowest BCUT2D eigenvalue weighted by molar-refractivity contribution is -0.125. The van der Waals surface area contributed by atoms with Crippen LogP contribution in [0.3, 0.4) is 0 Å². The van der Waals surface area contributed by atoms with E-state index in [2.05, 4.69) is 22.8 Å². The van der Waals surface area contributed by atoms with Gasteiger partial charge >= 0.3 is 6.03 Å². The molecule has 0 bridgehead atoms. The van der Waals surface area contributed by atoms with Crippen molar-refractivity contribution < 1.29 is 9.59 Å². The van der Waals surface area contributed by atoms with Crippen molar-refractivity contribution in [1.82, 2.24) is 15.5 Å². The molecular formula is C26H40ClN3O2. The van der Waals surface area contributed by atoms with Crippen molar-refractivity contribution in [3.8, 4) is 0 Å². The highest BCUT2D eigenvalue weighted by Gasteiger charge is 2.14. The summed E-state index contributed by atoms with van der Waals surface area (Å²) in [7, 11) is 3.31. The normalized spacial score (nSPS) is 10.7. The standard InChI is InChI=1S/C17H19ClN2O.C7H15NO.C2H6/c1-13-3-5-14(6-4-13)11-20(17(21)19-2)12-15-7-9-16(18)10-8-15;1-5(2)6(3)7(9)8-4;1-2/h3-10H,11-12H2,1-2H3,(H,19,21);5-6H,1-4H3,(H,8,9);1-2H3. The lowest BCUT2D eigenvalue weighted by atomic mass is 9.98. The lowest BCUT2D eigenvalue weighted by Gasteiger charge is -2.22. The number of carbonyl (C=O) groups excluding carboxylic acids is 2. The number of hydrogen-bond acceptors (Lipinski definition) is 2. The summed E-state index contributed by atoms with van der Waals surface area (Å²) >= 11 is 5.89. The van der Waals surface area contributed by atoms with Crippen LogP contribution in [0.4, 0.5) is 4.79 Å². The second kappa shape index (κ2) is 16.2. The largest absolute Gasteiger partial charge is 0.359 e. The molecule has 0 radical (unpaired) electrons. The first-order valence-corrected chi connectivity index (χ1v) is 11.5. The van der Waals surface area contributed by atoms with Gasteiger partial charge in [0.25, 0.3) is 0 Å². The van der Waals surface area contributed by atoms with E-state index >= 15 is 0 Å². The van der Waals surface area contributed by atoms with Gasteiger partial charge in [0.05, 0.1) is 0 Å². The van der Waals surface area contributed by atoms with E-state index in [1.54, 1.807) is 19.0 Å². The molecule has 0 fully saturated rings. The molecule has 2 rings (SSSR count). The number of amides is 3. The molecule has 32 heavy (non-hydrogen) atoms. The first-order valence-electron chi connectivity index (χ1n) is 11.2. The van der Waals surface area contributed by atoms with Gasteiger partial charge in [0.15, 0.2) is 0 Å². The summed E-state index contributed by atoms with van der Waals surface area (Å²) in [6.45, 7) is 13.2. The summed E-state index contributed by atoms with van der Waals surface area (Å²) in [5.74, 6) is 0.699. The van der Waals surface area contributed by atoms with Crippen molar-refractivity contribution >= 4 is 23.5 Å². The highest BCUT2D eigenvalue weighted by Crippen LogP contribution is 2.14. The molecule has 0 aromatic heterocycles. The van der Waals surface area contributed by atoms with Gasteiger partial charge in [-0.15, -0.1) is 0 Å². The SMILES string of the molecule is CC.CNC(=O)C(C)C(C)C.CNC(=O)N(Cc1ccc(C)cc1)Cc1ccc(Cl)cc1. The van der Waals surface area contributed by atoms with Crippen molar-refractivity contribution in [2.24, 2.45) is 11.8 Å². The molecule has 0 aliphatic heterocycles. The first-order chi connectivity index (χ1) is 15.2. The zero-order chi connectivity index (χ0) is 24.7. The monoisotopic (exact) mass is 461 g/mol. The molecule has 2 N–H and O–H groups in total. The number of aryl methyl sites for hydroxylation is 1. The van der Waals surface area contributed by atoms with Crippen molar-refractivity contribution in [2.45, 2.75) is 54.6 Å². The van der Waals surface area contributed by atoms with E-state index in [9.17, 15) is 9.59 Å². The zero-order valence-corrected chi connectivity index (χ0v) is 21.6. The Kier molecular flexibility index (Phi) is 14.9. The number of urea groups is 1. The molecule has 6 heteroatoms. The molecule has 0 spiro atoms. The van der Waals surface area contributed by atoms with Crippen LogP contribution in [0.25, 0.3) is 0 Å². The third kappa shape index (κ3) is 11.2. The molecule has 2 aromatic carbocycles. The highest BCUT2D eigenvalue weighted by molar-refractivity contribution is 6.30. The number of carbonyl (C=O) groups is 2. The average molecular weight is 462 g/mol. The van der Waals surface area contributed by atoms with Gasteiger partial charge in [0.2, 0.25) is 5.91 Å².